The highest BCUT2D eigenvalue weighted by Gasteiger charge is 2.36. The van der Waals surface area contributed by atoms with E-state index in [0.29, 0.717) is 25.6 Å². The summed E-state index contributed by atoms with van der Waals surface area (Å²) in [6, 6.07) is 7.80. The summed E-state index contributed by atoms with van der Waals surface area (Å²) in [5.41, 5.74) is 1.95. The second-order valence-electron chi connectivity index (χ2n) is 6.78. The van der Waals surface area contributed by atoms with Crippen molar-refractivity contribution in [1.82, 2.24) is 10.2 Å². The molecule has 1 fully saturated rings. The molecule has 1 saturated heterocycles. The van der Waals surface area contributed by atoms with Gasteiger partial charge >= 0.3 is 5.97 Å². The van der Waals surface area contributed by atoms with Gasteiger partial charge in [0.05, 0.1) is 13.0 Å². The molecular weight excluding hydrogens is 344 g/mol. The quantitative estimate of drug-likeness (QED) is 0.451. The number of guanidine groups is 1. The molecule has 148 valence electrons. The molecule has 0 bridgehead atoms. The van der Waals surface area contributed by atoms with E-state index >= 15 is 0 Å². The number of hydrogen-bond acceptors (Lipinski definition) is 4. The summed E-state index contributed by atoms with van der Waals surface area (Å²) in [4.78, 5) is 30.6. The number of nitrogens with zero attached hydrogens (tertiary/aromatic N) is 2. The first-order valence-corrected chi connectivity index (χ1v) is 9.48. The van der Waals surface area contributed by atoms with E-state index in [1.54, 1.807) is 0 Å². The van der Waals surface area contributed by atoms with Crippen LogP contribution in [0, 0.1) is 11.8 Å². The van der Waals surface area contributed by atoms with Crippen LogP contribution in [0.2, 0.25) is 0 Å². The van der Waals surface area contributed by atoms with Crippen LogP contribution >= 0.6 is 0 Å². The second-order valence-corrected chi connectivity index (χ2v) is 6.78. The lowest BCUT2D eigenvalue weighted by Gasteiger charge is -2.21. The molecule has 1 aromatic rings. The summed E-state index contributed by atoms with van der Waals surface area (Å²) in [6.45, 7) is 8.03. The number of aliphatic imine (C=N–C) groups is 1. The van der Waals surface area contributed by atoms with Crippen LogP contribution in [0.1, 0.15) is 26.3 Å². The van der Waals surface area contributed by atoms with Crippen molar-refractivity contribution in [2.24, 2.45) is 16.8 Å². The zero-order chi connectivity index (χ0) is 19.8. The Morgan fingerprint density at radius 1 is 1.30 bits per heavy atom. The van der Waals surface area contributed by atoms with Crippen molar-refractivity contribution in [2.75, 3.05) is 38.6 Å². The maximum absolute atomic E-state index is 12.3. The lowest BCUT2D eigenvalue weighted by Crippen LogP contribution is -2.41. The molecular formula is C20H30N4O3. The van der Waals surface area contributed by atoms with E-state index in [-0.39, 0.29) is 30.3 Å². The molecule has 1 heterocycles. The molecule has 0 aliphatic carbocycles. The molecule has 2 unspecified atom stereocenters. The van der Waals surface area contributed by atoms with Crippen LogP contribution in [0.5, 0.6) is 0 Å². The molecule has 2 atom stereocenters. The third-order valence-electron chi connectivity index (χ3n) is 4.74. The van der Waals surface area contributed by atoms with Crippen LogP contribution in [0.3, 0.4) is 0 Å². The van der Waals surface area contributed by atoms with E-state index in [2.05, 4.69) is 22.5 Å². The normalized spacial score (nSPS) is 19.7. The fraction of sp³-hybridized carbons (Fsp3) is 0.550. The Hall–Kier alpha value is -2.57. The molecule has 0 spiro atoms. The molecule has 27 heavy (non-hydrogen) atoms. The maximum Gasteiger partial charge on any atom is 0.310 e. The maximum atomic E-state index is 12.3. The van der Waals surface area contributed by atoms with Crippen molar-refractivity contribution < 1.29 is 14.3 Å². The van der Waals surface area contributed by atoms with Gasteiger partial charge in [-0.3, -0.25) is 9.59 Å². The van der Waals surface area contributed by atoms with E-state index in [1.807, 2.05) is 43.0 Å². The number of nitrogens with one attached hydrogen (secondary N) is 2. The average molecular weight is 374 g/mol. The first-order valence-electron chi connectivity index (χ1n) is 9.48. The van der Waals surface area contributed by atoms with Gasteiger partial charge < -0.3 is 20.3 Å². The third-order valence-corrected chi connectivity index (χ3v) is 4.74. The SMILES string of the molecule is CCNC(=NCC(=O)Nc1cccc(CC)c1)N1CC(C)C(C(=O)OC)C1. The number of hydrogen-bond donors (Lipinski definition) is 2. The molecule has 1 amide bonds. The summed E-state index contributed by atoms with van der Waals surface area (Å²) < 4.78 is 4.89. The van der Waals surface area contributed by atoms with Gasteiger partial charge in [-0.15, -0.1) is 0 Å². The lowest BCUT2D eigenvalue weighted by molar-refractivity contribution is -0.146. The van der Waals surface area contributed by atoms with Gasteiger partial charge in [-0.1, -0.05) is 26.0 Å². The van der Waals surface area contributed by atoms with Crippen LogP contribution in [-0.2, 0) is 20.7 Å². The van der Waals surface area contributed by atoms with Gasteiger partial charge in [-0.25, -0.2) is 4.99 Å². The molecule has 7 nitrogen and oxygen atoms in total. The first-order chi connectivity index (χ1) is 13.0. The predicted octanol–water partition coefficient (Wildman–Crippen LogP) is 1.89. The highest BCUT2D eigenvalue weighted by Crippen LogP contribution is 2.24. The smallest absolute Gasteiger partial charge is 0.310 e. The Kier molecular flexibility index (Phi) is 7.64. The number of aryl methyl sites for hydroxylation is 1. The summed E-state index contributed by atoms with van der Waals surface area (Å²) in [7, 11) is 1.41. The van der Waals surface area contributed by atoms with Crippen LogP contribution < -0.4 is 10.6 Å². The number of benzene rings is 1. The van der Waals surface area contributed by atoms with E-state index in [9.17, 15) is 9.59 Å². The molecule has 1 aromatic carbocycles. The standard InChI is InChI=1S/C20H30N4O3/c1-5-15-8-7-9-16(10-15)23-18(25)11-22-20(21-6-2)24-12-14(3)17(13-24)19(26)27-4/h7-10,14,17H,5-6,11-13H2,1-4H3,(H,21,22)(H,23,25). The molecule has 1 aliphatic rings. The van der Waals surface area contributed by atoms with E-state index in [1.165, 1.54) is 12.7 Å². The molecule has 0 saturated carbocycles. The average Bonchev–Trinajstić information content (AvgIpc) is 3.06. The Labute approximate surface area is 161 Å². The number of likely N-dealkylation sites (tertiary alicyclic amines) is 1. The van der Waals surface area contributed by atoms with Crippen molar-refractivity contribution >= 4 is 23.5 Å². The van der Waals surface area contributed by atoms with Crippen molar-refractivity contribution in [3.05, 3.63) is 29.8 Å². The van der Waals surface area contributed by atoms with Gasteiger partial charge in [0.1, 0.15) is 6.54 Å². The zero-order valence-corrected chi connectivity index (χ0v) is 16.6. The Morgan fingerprint density at radius 3 is 2.74 bits per heavy atom. The number of esters is 1. The number of carbonyl (C=O) groups is 2. The second kappa shape index (κ2) is 9.94. The van der Waals surface area contributed by atoms with Crippen LogP contribution in [0.4, 0.5) is 5.69 Å². The van der Waals surface area contributed by atoms with Crippen LogP contribution in [0.25, 0.3) is 0 Å². The Bertz CT molecular complexity index is 690. The van der Waals surface area contributed by atoms with Crippen molar-refractivity contribution in [3.63, 3.8) is 0 Å². The Balaban J connectivity index is 2.00. The molecule has 2 rings (SSSR count). The van der Waals surface area contributed by atoms with E-state index < -0.39 is 0 Å². The summed E-state index contributed by atoms with van der Waals surface area (Å²) in [6.07, 6.45) is 0.918. The topological polar surface area (TPSA) is 83.0 Å². The van der Waals surface area contributed by atoms with Crippen LogP contribution in [-0.4, -0.2) is 56.0 Å². The van der Waals surface area contributed by atoms with E-state index in [4.69, 9.17) is 4.74 Å². The first kappa shape index (κ1) is 20.7. The number of carbonyl (C=O) groups excluding carboxylic acids is 2. The van der Waals surface area contributed by atoms with Gasteiger partial charge in [-0.2, -0.15) is 0 Å². The monoisotopic (exact) mass is 374 g/mol. The third kappa shape index (κ3) is 5.70. The van der Waals surface area contributed by atoms with Crippen molar-refractivity contribution in [1.29, 1.82) is 0 Å². The van der Waals surface area contributed by atoms with E-state index in [0.717, 1.165) is 12.1 Å². The number of ether oxygens (including phenoxy) is 1. The highest BCUT2D eigenvalue weighted by atomic mass is 16.5. The fourth-order valence-corrected chi connectivity index (χ4v) is 3.24. The summed E-state index contributed by atoms with van der Waals surface area (Å²) >= 11 is 0. The minimum Gasteiger partial charge on any atom is -0.469 e. The van der Waals surface area contributed by atoms with Gasteiger partial charge in [0.15, 0.2) is 5.96 Å². The van der Waals surface area contributed by atoms with Crippen LogP contribution in [0.15, 0.2) is 29.3 Å². The summed E-state index contributed by atoms with van der Waals surface area (Å²) in [5.74, 6) is 0.273. The number of amides is 1. The largest absolute Gasteiger partial charge is 0.469 e. The number of rotatable bonds is 6. The minimum atomic E-state index is -0.200. The predicted molar refractivity (Wildman–Crippen MR) is 107 cm³/mol. The lowest BCUT2D eigenvalue weighted by atomic mass is 9.99. The van der Waals surface area contributed by atoms with Crippen molar-refractivity contribution in [2.45, 2.75) is 27.2 Å². The molecule has 0 radical (unpaired) electrons. The highest BCUT2D eigenvalue weighted by molar-refractivity contribution is 5.94. The molecule has 1 aliphatic heterocycles. The molecule has 7 heteroatoms. The van der Waals surface area contributed by atoms with Gasteiger partial charge in [0.25, 0.3) is 0 Å². The van der Waals surface area contributed by atoms with Gasteiger partial charge in [0.2, 0.25) is 5.91 Å². The minimum absolute atomic E-state index is 0.0203. The fourth-order valence-electron chi connectivity index (χ4n) is 3.24. The number of methoxy groups -OCH3 is 1. The summed E-state index contributed by atoms with van der Waals surface area (Å²) in [5, 5.41) is 6.09. The van der Waals surface area contributed by atoms with Gasteiger partial charge in [0, 0.05) is 25.3 Å². The molecule has 2 N–H and O–H groups in total. The molecule has 0 aromatic heterocycles. The Morgan fingerprint density at radius 2 is 2.07 bits per heavy atom. The zero-order valence-electron chi connectivity index (χ0n) is 16.6. The van der Waals surface area contributed by atoms with Crippen molar-refractivity contribution in [3.8, 4) is 0 Å². The number of anilines is 1. The van der Waals surface area contributed by atoms with Gasteiger partial charge in [-0.05, 0) is 37.0 Å².